The number of hydrogen-bond donors (Lipinski definition) is 7. The molecule has 1 aliphatic rings. The van der Waals surface area contributed by atoms with Gasteiger partial charge in [-0.1, -0.05) is 0 Å². The van der Waals surface area contributed by atoms with Crippen LogP contribution in [0.3, 0.4) is 0 Å². The van der Waals surface area contributed by atoms with Crippen molar-refractivity contribution in [1.29, 1.82) is 0 Å². The third-order valence-corrected chi connectivity index (χ3v) is 5.13. The molecule has 0 bridgehead atoms. The first-order valence-electron chi connectivity index (χ1n) is 9.37. The third-order valence-electron chi connectivity index (χ3n) is 4.76. The van der Waals surface area contributed by atoms with Crippen LogP contribution in [-0.4, -0.2) is 91.8 Å². The molecule has 0 aliphatic carbocycles. The van der Waals surface area contributed by atoms with E-state index < -0.39 is 54.5 Å². The molecule has 7 N–H and O–H groups in total. The average molecular weight is 442 g/mol. The van der Waals surface area contributed by atoms with Crippen LogP contribution in [0.2, 0.25) is 0 Å². The third kappa shape index (κ3) is 5.93. The molecule has 0 radical (unpaired) electrons. The molecule has 0 aromatic carbocycles. The molecule has 1 saturated heterocycles. The van der Waals surface area contributed by atoms with E-state index in [-0.39, 0.29) is 18.7 Å². The van der Waals surface area contributed by atoms with Gasteiger partial charge in [0.1, 0.15) is 24.2 Å². The number of carbonyl (C=O) groups excluding carboxylic acids is 3. The van der Waals surface area contributed by atoms with Crippen molar-refractivity contribution in [1.82, 2.24) is 25.5 Å². The lowest BCUT2D eigenvalue weighted by molar-refractivity contribution is -0.144. The molecule has 2 rings (SSSR count). The number of carbonyl (C=O) groups is 4. The topological polar surface area (TPSA) is 191 Å². The van der Waals surface area contributed by atoms with Crippen molar-refractivity contribution in [3.63, 3.8) is 0 Å². The number of thiol groups is 1. The number of aromatic amines is 1. The quantitative estimate of drug-likeness (QED) is 0.190. The fourth-order valence-corrected chi connectivity index (χ4v) is 3.38. The van der Waals surface area contributed by atoms with E-state index in [1.807, 2.05) is 0 Å². The van der Waals surface area contributed by atoms with Crippen LogP contribution in [0, 0.1) is 0 Å². The monoisotopic (exact) mass is 442 g/mol. The number of amides is 3. The SMILES string of the molecule is NC(CO)C(=O)NC(CS)C(=O)N1CCCC1C(=O)NC(Cc1cnc[nH]1)C(=O)O. The van der Waals surface area contributed by atoms with E-state index in [0.717, 1.165) is 0 Å². The maximum Gasteiger partial charge on any atom is 0.326 e. The minimum atomic E-state index is -1.22. The van der Waals surface area contributed by atoms with Crippen molar-refractivity contribution < 1.29 is 29.4 Å². The number of imidazole rings is 1. The van der Waals surface area contributed by atoms with Crippen LogP contribution in [0.4, 0.5) is 0 Å². The number of carboxylic acid groups (broad SMARTS) is 1. The van der Waals surface area contributed by atoms with E-state index in [4.69, 9.17) is 10.8 Å². The van der Waals surface area contributed by atoms with Gasteiger partial charge in [-0.2, -0.15) is 12.6 Å². The average Bonchev–Trinajstić information content (AvgIpc) is 3.41. The van der Waals surface area contributed by atoms with E-state index >= 15 is 0 Å². The van der Waals surface area contributed by atoms with Gasteiger partial charge in [-0.05, 0) is 12.8 Å². The van der Waals surface area contributed by atoms with Gasteiger partial charge in [0.05, 0.1) is 12.9 Å². The van der Waals surface area contributed by atoms with Crippen LogP contribution >= 0.6 is 12.6 Å². The van der Waals surface area contributed by atoms with Gasteiger partial charge in [0.15, 0.2) is 0 Å². The second kappa shape index (κ2) is 10.9. The predicted octanol–water partition coefficient (Wildman–Crippen LogP) is -2.75. The highest BCUT2D eigenvalue weighted by Gasteiger charge is 2.38. The highest BCUT2D eigenvalue weighted by molar-refractivity contribution is 7.80. The summed E-state index contributed by atoms with van der Waals surface area (Å²) in [6.07, 6.45) is 3.78. The van der Waals surface area contributed by atoms with E-state index in [1.54, 1.807) is 0 Å². The lowest BCUT2D eigenvalue weighted by Gasteiger charge is -2.29. The van der Waals surface area contributed by atoms with Gasteiger partial charge in [-0.25, -0.2) is 9.78 Å². The van der Waals surface area contributed by atoms with Gasteiger partial charge in [-0.3, -0.25) is 14.4 Å². The summed E-state index contributed by atoms with van der Waals surface area (Å²) in [4.78, 5) is 56.9. The molecule has 13 heteroatoms. The summed E-state index contributed by atoms with van der Waals surface area (Å²) in [5.41, 5.74) is 5.99. The molecule has 1 aromatic rings. The number of hydrogen-bond acceptors (Lipinski definition) is 8. The van der Waals surface area contributed by atoms with Crippen molar-refractivity contribution in [2.45, 2.75) is 43.4 Å². The van der Waals surface area contributed by atoms with Crippen LogP contribution in [0.15, 0.2) is 12.5 Å². The molecule has 3 amide bonds. The second-order valence-electron chi connectivity index (χ2n) is 6.90. The Morgan fingerprint density at radius 1 is 1.33 bits per heavy atom. The number of aromatic nitrogens is 2. The molecule has 1 fully saturated rings. The highest BCUT2D eigenvalue weighted by atomic mass is 32.1. The summed E-state index contributed by atoms with van der Waals surface area (Å²) >= 11 is 4.08. The van der Waals surface area contributed by atoms with Gasteiger partial charge in [0.2, 0.25) is 17.7 Å². The van der Waals surface area contributed by atoms with Gasteiger partial charge in [-0.15, -0.1) is 0 Å². The van der Waals surface area contributed by atoms with Gasteiger partial charge < -0.3 is 36.5 Å². The number of aliphatic carboxylic acids is 1. The molecule has 1 aromatic heterocycles. The number of nitrogens with two attached hydrogens (primary N) is 1. The Hall–Kier alpha value is -2.64. The second-order valence-corrected chi connectivity index (χ2v) is 7.27. The number of carboxylic acids is 1. The summed E-state index contributed by atoms with van der Waals surface area (Å²) in [5.74, 6) is -3.08. The maximum atomic E-state index is 12.9. The molecule has 166 valence electrons. The number of nitrogens with one attached hydrogen (secondary N) is 3. The van der Waals surface area contributed by atoms with Crippen molar-refractivity contribution in [3.8, 4) is 0 Å². The van der Waals surface area contributed by atoms with Crippen molar-refractivity contribution in [2.75, 3.05) is 18.9 Å². The smallest absolute Gasteiger partial charge is 0.326 e. The zero-order valence-corrected chi connectivity index (χ0v) is 17.0. The van der Waals surface area contributed by atoms with Gasteiger partial charge in [0, 0.05) is 30.6 Å². The van der Waals surface area contributed by atoms with Crippen molar-refractivity contribution >= 4 is 36.3 Å². The lowest BCUT2D eigenvalue weighted by atomic mass is 10.1. The standard InChI is InChI=1S/C17H26N6O6S/c18-10(6-24)14(25)22-12(7-30)16(27)23-3-1-2-13(23)15(26)21-11(17(28)29)4-9-5-19-8-20-9/h5,8,10-13,24,30H,1-4,6-7,18H2,(H,19,20)(H,21,26)(H,22,25)(H,28,29). The number of likely N-dealkylation sites (tertiary alicyclic amines) is 1. The summed E-state index contributed by atoms with van der Waals surface area (Å²) < 4.78 is 0. The van der Waals surface area contributed by atoms with E-state index in [1.165, 1.54) is 17.4 Å². The van der Waals surface area contributed by atoms with E-state index in [0.29, 0.717) is 18.5 Å². The molecule has 4 atom stereocenters. The molecule has 4 unspecified atom stereocenters. The summed E-state index contributed by atoms with van der Waals surface area (Å²) in [7, 11) is 0. The fourth-order valence-electron chi connectivity index (χ4n) is 3.13. The largest absolute Gasteiger partial charge is 0.480 e. The molecule has 2 heterocycles. The number of aliphatic hydroxyl groups is 1. The van der Waals surface area contributed by atoms with Crippen LogP contribution in [0.1, 0.15) is 18.5 Å². The van der Waals surface area contributed by atoms with Crippen molar-refractivity contribution in [2.24, 2.45) is 5.73 Å². The number of aliphatic hydroxyl groups excluding tert-OH is 1. The van der Waals surface area contributed by atoms with Crippen LogP contribution in [0.25, 0.3) is 0 Å². The van der Waals surface area contributed by atoms with E-state index in [2.05, 4.69) is 33.2 Å². The molecule has 30 heavy (non-hydrogen) atoms. The molecule has 0 spiro atoms. The van der Waals surface area contributed by atoms with Crippen molar-refractivity contribution in [3.05, 3.63) is 18.2 Å². The Balaban J connectivity index is 2.05. The maximum absolute atomic E-state index is 12.9. The first kappa shape index (κ1) is 23.6. The Morgan fingerprint density at radius 3 is 2.63 bits per heavy atom. The summed E-state index contributed by atoms with van der Waals surface area (Å²) in [6, 6.07) is -4.28. The summed E-state index contributed by atoms with van der Waals surface area (Å²) in [5, 5.41) is 23.3. The van der Waals surface area contributed by atoms with Crippen LogP contribution in [-0.2, 0) is 25.6 Å². The molecule has 12 nitrogen and oxygen atoms in total. The molecule has 1 aliphatic heterocycles. The molecular weight excluding hydrogens is 416 g/mol. The van der Waals surface area contributed by atoms with Crippen LogP contribution in [0.5, 0.6) is 0 Å². The minimum absolute atomic E-state index is 0.0100. The minimum Gasteiger partial charge on any atom is -0.480 e. The summed E-state index contributed by atoms with van der Waals surface area (Å²) in [6.45, 7) is -0.303. The number of nitrogens with zero attached hydrogens (tertiary/aromatic N) is 2. The first-order valence-corrected chi connectivity index (χ1v) is 10.00. The highest BCUT2D eigenvalue weighted by Crippen LogP contribution is 2.19. The normalized spacial score (nSPS) is 19.0. The lowest BCUT2D eigenvalue weighted by Crippen LogP contribution is -2.57. The Bertz CT molecular complexity index is 760. The van der Waals surface area contributed by atoms with E-state index in [9.17, 15) is 24.3 Å². The van der Waals surface area contributed by atoms with Gasteiger partial charge in [0.25, 0.3) is 0 Å². The van der Waals surface area contributed by atoms with Gasteiger partial charge >= 0.3 is 5.97 Å². The zero-order valence-electron chi connectivity index (χ0n) is 16.2. The Labute approximate surface area is 178 Å². The molecular formula is C17H26N6O6S. The Kier molecular flexibility index (Phi) is 8.62. The number of rotatable bonds is 10. The Morgan fingerprint density at radius 2 is 2.07 bits per heavy atom. The predicted molar refractivity (Wildman–Crippen MR) is 107 cm³/mol. The van der Waals surface area contributed by atoms with Crippen LogP contribution < -0.4 is 16.4 Å². The first-order chi connectivity index (χ1) is 14.3. The number of H-pyrrole nitrogens is 1. The fraction of sp³-hybridized carbons (Fsp3) is 0.588. The molecule has 0 saturated carbocycles. The zero-order chi connectivity index (χ0) is 22.3.